The lowest BCUT2D eigenvalue weighted by atomic mass is 9.89. The van der Waals surface area contributed by atoms with E-state index in [1.54, 1.807) is 4.68 Å². The molecular weight excluding hydrogens is 242 g/mol. The molecule has 0 saturated heterocycles. The van der Waals surface area contributed by atoms with Crippen molar-refractivity contribution >= 4 is 0 Å². The summed E-state index contributed by atoms with van der Waals surface area (Å²) in [6, 6.07) is 1.93. The first-order valence-corrected chi connectivity index (χ1v) is 6.53. The molecule has 5 nitrogen and oxygen atoms in total. The van der Waals surface area contributed by atoms with Gasteiger partial charge in [-0.25, -0.2) is 0 Å². The van der Waals surface area contributed by atoms with E-state index in [0.29, 0.717) is 12.8 Å². The van der Waals surface area contributed by atoms with Crippen molar-refractivity contribution < 1.29 is 9.63 Å². The number of aliphatic hydroxyl groups excluding tert-OH is 1. The predicted molar refractivity (Wildman–Crippen MR) is 72.8 cm³/mol. The molecule has 0 spiro atoms. The Kier molecular flexibility index (Phi) is 3.75. The molecule has 0 aromatic carbocycles. The molecule has 0 radical (unpaired) electrons. The quantitative estimate of drug-likeness (QED) is 0.919. The smallest absolute Gasteiger partial charge is 0.137 e. The van der Waals surface area contributed by atoms with Crippen LogP contribution in [0.4, 0.5) is 0 Å². The van der Waals surface area contributed by atoms with Gasteiger partial charge in [-0.2, -0.15) is 5.10 Å². The zero-order valence-electron chi connectivity index (χ0n) is 12.0. The molecule has 0 saturated carbocycles. The van der Waals surface area contributed by atoms with E-state index in [9.17, 15) is 0 Å². The van der Waals surface area contributed by atoms with E-state index in [-0.39, 0.29) is 12.0 Å². The molecule has 0 amide bonds. The highest BCUT2D eigenvalue weighted by molar-refractivity contribution is 5.62. The highest BCUT2D eigenvalue weighted by Crippen LogP contribution is 2.31. The van der Waals surface area contributed by atoms with Crippen LogP contribution in [0.1, 0.15) is 38.6 Å². The van der Waals surface area contributed by atoms with Crippen LogP contribution in [-0.4, -0.2) is 26.7 Å². The summed E-state index contributed by atoms with van der Waals surface area (Å²) < 4.78 is 7.10. The van der Waals surface area contributed by atoms with Crippen LogP contribution in [0.2, 0.25) is 0 Å². The van der Waals surface area contributed by atoms with Gasteiger partial charge in [0.05, 0.1) is 5.69 Å². The van der Waals surface area contributed by atoms with Crippen LogP contribution < -0.4 is 0 Å². The number of hydrogen-bond acceptors (Lipinski definition) is 4. The number of aromatic nitrogens is 3. The maximum Gasteiger partial charge on any atom is 0.137 e. The van der Waals surface area contributed by atoms with Crippen LogP contribution in [-0.2, 0) is 18.9 Å². The number of rotatable bonds is 4. The molecule has 2 rings (SSSR count). The zero-order valence-corrected chi connectivity index (χ0v) is 12.0. The first-order valence-electron chi connectivity index (χ1n) is 6.53. The Bertz CT molecular complexity index is 549. The first-order chi connectivity index (χ1) is 8.91. The summed E-state index contributed by atoms with van der Waals surface area (Å²) in [4.78, 5) is 0. The summed E-state index contributed by atoms with van der Waals surface area (Å²) in [6.07, 6.45) is 3.36. The van der Waals surface area contributed by atoms with Crippen molar-refractivity contribution in [3.05, 3.63) is 23.7 Å². The molecule has 0 aliphatic heterocycles. The third kappa shape index (κ3) is 3.04. The minimum absolute atomic E-state index is 0.0409. The highest BCUT2D eigenvalue weighted by Gasteiger charge is 2.24. The fourth-order valence-corrected chi connectivity index (χ4v) is 2.04. The fourth-order valence-electron chi connectivity index (χ4n) is 2.04. The second-order valence-corrected chi connectivity index (χ2v) is 5.82. The summed E-state index contributed by atoms with van der Waals surface area (Å²) >= 11 is 0. The van der Waals surface area contributed by atoms with E-state index >= 15 is 0 Å². The largest absolute Gasteiger partial charge is 0.396 e. The Balaban J connectivity index is 2.34. The second kappa shape index (κ2) is 5.17. The normalized spacial score (nSPS) is 12.1. The molecular formula is C14H21N3O2. The van der Waals surface area contributed by atoms with E-state index in [2.05, 4.69) is 31.0 Å². The number of hydrogen-bond donors (Lipinski definition) is 1. The molecule has 5 heteroatoms. The van der Waals surface area contributed by atoms with Crippen LogP contribution in [0.25, 0.3) is 11.3 Å². The average molecular weight is 263 g/mol. The third-order valence-electron chi connectivity index (χ3n) is 2.96. The van der Waals surface area contributed by atoms with Gasteiger partial charge in [0.1, 0.15) is 11.5 Å². The third-order valence-corrected chi connectivity index (χ3v) is 2.96. The van der Waals surface area contributed by atoms with Crippen molar-refractivity contribution in [3.63, 3.8) is 0 Å². The van der Waals surface area contributed by atoms with E-state index < -0.39 is 0 Å². The van der Waals surface area contributed by atoms with Gasteiger partial charge in [0.2, 0.25) is 0 Å². The average Bonchev–Trinajstić information content (AvgIpc) is 2.91. The Morgan fingerprint density at radius 1 is 1.37 bits per heavy atom. The first kappa shape index (κ1) is 13.8. The van der Waals surface area contributed by atoms with E-state index in [1.165, 1.54) is 0 Å². The van der Waals surface area contributed by atoms with Crippen LogP contribution in [0.5, 0.6) is 0 Å². The molecule has 0 bridgehead atoms. The molecule has 2 aromatic rings. The lowest BCUT2D eigenvalue weighted by molar-refractivity contribution is 0.280. The molecule has 0 atom stereocenters. The fraction of sp³-hybridized carbons (Fsp3) is 0.571. The van der Waals surface area contributed by atoms with Gasteiger partial charge in [-0.1, -0.05) is 25.9 Å². The minimum atomic E-state index is -0.0409. The molecule has 104 valence electrons. The van der Waals surface area contributed by atoms with Crippen molar-refractivity contribution in [2.45, 2.75) is 39.0 Å². The van der Waals surface area contributed by atoms with Crippen molar-refractivity contribution in [1.29, 1.82) is 0 Å². The predicted octanol–water partition coefficient (Wildman–Crippen LogP) is 2.30. The maximum absolute atomic E-state index is 8.83. The van der Waals surface area contributed by atoms with Gasteiger partial charge >= 0.3 is 0 Å². The van der Waals surface area contributed by atoms with Gasteiger partial charge in [-0.3, -0.25) is 4.68 Å². The lowest BCUT2D eigenvalue weighted by Crippen LogP contribution is -2.13. The van der Waals surface area contributed by atoms with E-state index in [0.717, 1.165) is 22.7 Å². The molecule has 2 heterocycles. The van der Waals surface area contributed by atoms with Gasteiger partial charge in [-0.05, 0) is 6.42 Å². The minimum Gasteiger partial charge on any atom is -0.396 e. The van der Waals surface area contributed by atoms with E-state index in [1.807, 2.05) is 19.3 Å². The Hall–Kier alpha value is -1.62. The Morgan fingerprint density at radius 2 is 2.11 bits per heavy atom. The van der Waals surface area contributed by atoms with Gasteiger partial charge < -0.3 is 9.63 Å². The van der Waals surface area contributed by atoms with Crippen LogP contribution in [0.15, 0.2) is 16.8 Å². The van der Waals surface area contributed by atoms with Crippen LogP contribution >= 0.6 is 0 Å². The van der Waals surface area contributed by atoms with Gasteiger partial charge in [0.15, 0.2) is 0 Å². The number of nitrogens with zero attached hydrogens (tertiary/aromatic N) is 3. The lowest BCUT2D eigenvalue weighted by Gasteiger charge is -2.16. The highest BCUT2D eigenvalue weighted by atomic mass is 16.5. The molecule has 0 aliphatic rings. The molecule has 0 unspecified atom stereocenters. The van der Waals surface area contributed by atoms with Gasteiger partial charge in [-0.15, -0.1) is 0 Å². The zero-order chi connectivity index (χ0) is 14.0. The monoisotopic (exact) mass is 263 g/mol. The summed E-state index contributed by atoms with van der Waals surface area (Å²) in [5, 5.41) is 17.5. The van der Waals surface area contributed by atoms with E-state index in [4.69, 9.17) is 9.63 Å². The number of aryl methyl sites for hydroxylation is 2. The second-order valence-electron chi connectivity index (χ2n) is 5.82. The SMILES string of the molecule is Cn1cc(-c2cc(CCCO)on2)c(C(C)(C)C)n1. The van der Waals surface area contributed by atoms with Gasteiger partial charge in [0.25, 0.3) is 0 Å². The standard InChI is InChI=1S/C14H21N3O2/c1-14(2,3)13-11(9-17(4)15-13)12-8-10(19-16-12)6-5-7-18/h8-9,18H,5-7H2,1-4H3. The Labute approximate surface area is 113 Å². The van der Waals surface area contributed by atoms with Gasteiger partial charge in [0, 0.05) is 43.3 Å². The topological polar surface area (TPSA) is 64.1 Å². The Morgan fingerprint density at radius 3 is 2.74 bits per heavy atom. The van der Waals surface area contributed by atoms with Crippen LogP contribution in [0.3, 0.4) is 0 Å². The van der Waals surface area contributed by atoms with Crippen molar-refractivity contribution in [3.8, 4) is 11.3 Å². The van der Waals surface area contributed by atoms with Crippen molar-refractivity contribution in [2.24, 2.45) is 7.05 Å². The molecule has 19 heavy (non-hydrogen) atoms. The maximum atomic E-state index is 8.83. The molecule has 2 aromatic heterocycles. The summed E-state index contributed by atoms with van der Waals surface area (Å²) in [5.74, 6) is 0.799. The van der Waals surface area contributed by atoms with Crippen molar-refractivity contribution in [2.75, 3.05) is 6.61 Å². The summed E-state index contributed by atoms with van der Waals surface area (Å²) in [7, 11) is 1.91. The number of aliphatic hydroxyl groups is 1. The van der Waals surface area contributed by atoms with Crippen molar-refractivity contribution in [1.82, 2.24) is 14.9 Å². The van der Waals surface area contributed by atoms with Crippen LogP contribution in [0, 0.1) is 0 Å². The molecule has 0 fully saturated rings. The molecule has 0 aliphatic carbocycles. The summed E-state index contributed by atoms with van der Waals surface area (Å²) in [6.45, 7) is 6.55. The molecule has 1 N–H and O–H groups in total. The summed E-state index contributed by atoms with van der Waals surface area (Å²) in [5.41, 5.74) is 2.79.